The number of hydrogen-bond acceptors (Lipinski definition) is 7. The zero-order valence-corrected chi connectivity index (χ0v) is 14.0. The molecule has 21 heavy (non-hydrogen) atoms. The van der Waals surface area contributed by atoms with Crippen molar-refractivity contribution >= 4 is 21.2 Å². The summed E-state index contributed by atoms with van der Waals surface area (Å²) in [7, 11) is -1.33. The Kier molecular flexibility index (Phi) is 6.53. The van der Waals surface area contributed by atoms with Crippen molar-refractivity contribution in [1.82, 2.24) is 15.5 Å². The number of sulfone groups is 1. The molecular formula is C13H23N3O3S2. The summed E-state index contributed by atoms with van der Waals surface area (Å²) in [6.45, 7) is 2.46. The molecule has 6 nitrogen and oxygen atoms in total. The number of nitrogens with one attached hydrogen (secondary N) is 1. The van der Waals surface area contributed by atoms with E-state index in [4.69, 9.17) is 4.74 Å². The van der Waals surface area contributed by atoms with Crippen LogP contribution in [-0.2, 0) is 21.0 Å². The molecule has 0 radical (unpaired) electrons. The number of nitrogens with zero attached hydrogens (tertiary/aromatic N) is 2. The van der Waals surface area contributed by atoms with Gasteiger partial charge in [-0.25, -0.2) is 8.42 Å². The molecular weight excluding hydrogens is 310 g/mol. The number of ether oxygens (including phenoxy) is 1. The van der Waals surface area contributed by atoms with Crippen LogP contribution >= 0.6 is 11.3 Å². The Morgan fingerprint density at radius 3 is 2.95 bits per heavy atom. The molecule has 0 aliphatic carbocycles. The Morgan fingerprint density at radius 1 is 1.33 bits per heavy atom. The summed E-state index contributed by atoms with van der Waals surface area (Å²) in [5, 5.41) is 12.7. The van der Waals surface area contributed by atoms with E-state index < -0.39 is 15.1 Å². The van der Waals surface area contributed by atoms with Gasteiger partial charge in [-0.1, -0.05) is 6.42 Å². The van der Waals surface area contributed by atoms with E-state index in [1.807, 2.05) is 0 Å². The third-order valence-corrected chi connectivity index (χ3v) is 6.99. The van der Waals surface area contributed by atoms with E-state index in [1.54, 1.807) is 7.11 Å². The second-order valence-corrected chi connectivity index (χ2v) is 8.63. The van der Waals surface area contributed by atoms with Gasteiger partial charge in [0.25, 0.3) is 0 Å². The van der Waals surface area contributed by atoms with Crippen molar-refractivity contribution in [2.75, 3.05) is 32.6 Å². The predicted molar refractivity (Wildman–Crippen MR) is 83.4 cm³/mol. The van der Waals surface area contributed by atoms with E-state index in [0.717, 1.165) is 43.8 Å². The molecule has 120 valence electrons. The van der Waals surface area contributed by atoms with Crippen molar-refractivity contribution in [1.29, 1.82) is 0 Å². The smallest absolute Gasteiger partial charge is 0.159 e. The Morgan fingerprint density at radius 2 is 2.19 bits per heavy atom. The van der Waals surface area contributed by atoms with Crippen LogP contribution in [0.5, 0.6) is 0 Å². The lowest BCUT2D eigenvalue weighted by Gasteiger charge is -2.19. The molecule has 0 aromatic carbocycles. The third kappa shape index (κ3) is 4.98. The fraction of sp³-hybridized carbons (Fsp3) is 0.846. The molecule has 8 heteroatoms. The Bertz CT molecular complexity index is 531. The molecule has 0 bridgehead atoms. The minimum Gasteiger partial charge on any atom is -0.383 e. The SMILES string of the molecule is COCCNCCCc1nnc(C2CCCCS2(=O)=O)s1. The Hall–Kier alpha value is -0.570. The average Bonchev–Trinajstić information content (AvgIpc) is 2.90. The van der Waals surface area contributed by atoms with Gasteiger partial charge >= 0.3 is 0 Å². The van der Waals surface area contributed by atoms with E-state index in [9.17, 15) is 8.42 Å². The summed E-state index contributed by atoms with van der Waals surface area (Å²) >= 11 is 1.46. The summed E-state index contributed by atoms with van der Waals surface area (Å²) in [5.74, 6) is 0.288. The molecule has 1 saturated heterocycles. The van der Waals surface area contributed by atoms with Gasteiger partial charge in [-0.05, 0) is 25.8 Å². The highest BCUT2D eigenvalue weighted by molar-refractivity contribution is 7.91. The molecule has 1 atom stereocenters. The maximum Gasteiger partial charge on any atom is 0.159 e. The topological polar surface area (TPSA) is 81.2 Å². The van der Waals surface area contributed by atoms with Crippen molar-refractivity contribution in [2.24, 2.45) is 0 Å². The minimum absolute atomic E-state index is 0.288. The molecule has 1 unspecified atom stereocenters. The van der Waals surface area contributed by atoms with Crippen LogP contribution in [0.1, 0.15) is 40.9 Å². The molecule has 2 rings (SSSR count). The summed E-state index contributed by atoms with van der Waals surface area (Å²) < 4.78 is 29.1. The van der Waals surface area contributed by atoms with E-state index in [1.165, 1.54) is 11.3 Å². The molecule has 0 spiro atoms. The van der Waals surface area contributed by atoms with Crippen LogP contribution in [-0.4, -0.2) is 51.2 Å². The van der Waals surface area contributed by atoms with Crippen molar-refractivity contribution in [3.8, 4) is 0 Å². The van der Waals surface area contributed by atoms with Gasteiger partial charge in [-0.2, -0.15) is 0 Å². The van der Waals surface area contributed by atoms with Gasteiger partial charge in [0.15, 0.2) is 9.84 Å². The first-order chi connectivity index (χ1) is 10.1. The lowest BCUT2D eigenvalue weighted by atomic mass is 10.2. The molecule has 2 heterocycles. The average molecular weight is 333 g/mol. The summed E-state index contributed by atoms with van der Waals surface area (Å²) in [6, 6.07) is 0. The van der Waals surface area contributed by atoms with E-state index >= 15 is 0 Å². The predicted octanol–water partition coefficient (Wildman–Crippen LogP) is 1.35. The van der Waals surface area contributed by atoms with Gasteiger partial charge < -0.3 is 10.1 Å². The van der Waals surface area contributed by atoms with Gasteiger partial charge in [0.2, 0.25) is 0 Å². The van der Waals surface area contributed by atoms with Gasteiger partial charge in [0.05, 0.1) is 12.4 Å². The quantitative estimate of drug-likeness (QED) is 0.723. The molecule has 1 N–H and O–H groups in total. The number of aryl methyl sites for hydroxylation is 1. The number of aromatic nitrogens is 2. The molecule has 1 aliphatic rings. The number of hydrogen-bond donors (Lipinski definition) is 1. The van der Waals surface area contributed by atoms with E-state index in [-0.39, 0.29) is 5.75 Å². The highest BCUT2D eigenvalue weighted by Gasteiger charge is 2.32. The molecule has 1 aromatic heterocycles. The molecule has 1 aromatic rings. The van der Waals surface area contributed by atoms with Gasteiger partial charge in [0.1, 0.15) is 15.3 Å². The second-order valence-electron chi connectivity index (χ2n) is 5.23. The maximum atomic E-state index is 12.1. The van der Waals surface area contributed by atoms with Gasteiger partial charge in [-0.3, -0.25) is 0 Å². The van der Waals surface area contributed by atoms with Crippen LogP contribution in [0.4, 0.5) is 0 Å². The highest BCUT2D eigenvalue weighted by atomic mass is 32.2. The molecule has 1 aliphatic heterocycles. The van der Waals surface area contributed by atoms with Gasteiger partial charge in [-0.15, -0.1) is 21.5 Å². The second kappa shape index (κ2) is 8.17. The normalized spacial score (nSPS) is 21.5. The zero-order chi connectivity index (χ0) is 15.1. The first-order valence-corrected chi connectivity index (χ1v) is 9.90. The van der Waals surface area contributed by atoms with Crippen LogP contribution in [0.3, 0.4) is 0 Å². The fourth-order valence-electron chi connectivity index (χ4n) is 2.39. The first-order valence-electron chi connectivity index (χ1n) is 7.37. The minimum atomic E-state index is -3.02. The van der Waals surface area contributed by atoms with Crippen molar-refractivity contribution in [2.45, 2.75) is 37.4 Å². The summed E-state index contributed by atoms with van der Waals surface area (Å²) in [6.07, 6.45) is 4.23. The van der Waals surface area contributed by atoms with Crippen molar-refractivity contribution in [3.63, 3.8) is 0 Å². The van der Waals surface area contributed by atoms with E-state index in [0.29, 0.717) is 18.0 Å². The Labute approximate surface area is 130 Å². The molecule has 1 fully saturated rings. The summed E-state index contributed by atoms with van der Waals surface area (Å²) in [4.78, 5) is 0. The van der Waals surface area contributed by atoms with Crippen LogP contribution < -0.4 is 5.32 Å². The molecule has 0 amide bonds. The van der Waals surface area contributed by atoms with Crippen molar-refractivity contribution in [3.05, 3.63) is 10.0 Å². The van der Waals surface area contributed by atoms with Gasteiger partial charge in [0, 0.05) is 20.1 Å². The number of rotatable bonds is 8. The lowest BCUT2D eigenvalue weighted by Crippen LogP contribution is -2.21. The lowest BCUT2D eigenvalue weighted by molar-refractivity contribution is 0.199. The molecule has 0 saturated carbocycles. The largest absolute Gasteiger partial charge is 0.383 e. The first kappa shape index (κ1) is 16.8. The fourth-order valence-corrected chi connectivity index (χ4v) is 5.65. The monoisotopic (exact) mass is 333 g/mol. The number of methoxy groups -OCH3 is 1. The van der Waals surface area contributed by atoms with E-state index in [2.05, 4.69) is 15.5 Å². The standard InChI is InChI=1S/C13H23N3O3S2/c1-19-9-8-14-7-4-6-12-15-16-13(20-12)11-5-2-3-10-21(11,17)18/h11,14H,2-10H2,1H3. The van der Waals surface area contributed by atoms with Crippen molar-refractivity contribution < 1.29 is 13.2 Å². The Balaban J connectivity index is 1.81. The zero-order valence-electron chi connectivity index (χ0n) is 12.4. The third-order valence-electron chi connectivity index (χ3n) is 3.56. The van der Waals surface area contributed by atoms with Crippen LogP contribution in [0.2, 0.25) is 0 Å². The summed E-state index contributed by atoms with van der Waals surface area (Å²) in [5.41, 5.74) is 0. The van der Waals surface area contributed by atoms with Crippen LogP contribution in [0, 0.1) is 0 Å². The maximum absolute atomic E-state index is 12.1. The van der Waals surface area contributed by atoms with Crippen LogP contribution in [0.25, 0.3) is 0 Å². The van der Waals surface area contributed by atoms with Crippen LogP contribution in [0.15, 0.2) is 0 Å². The highest BCUT2D eigenvalue weighted by Crippen LogP contribution is 2.34.